The summed E-state index contributed by atoms with van der Waals surface area (Å²) in [6, 6.07) is 31.9. The third-order valence-electron chi connectivity index (χ3n) is 10.1. The third kappa shape index (κ3) is 5.94. The molecule has 0 N–H and O–H groups in total. The van der Waals surface area contributed by atoms with Crippen LogP contribution in [-0.4, -0.2) is 26.2 Å². The Balaban J connectivity index is 1.15. The summed E-state index contributed by atoms with van der Waals surface area (Å²) < 4.78 is 8.90. The van der Waals surface area contributed by atoms with Gasteiger partial charge in [-0.25, -0.2) is 9.97 Å². The molecule has 1 aliphatic rings. The molecule has 5 heterocycles. The van der Waals surface area contributed by atoms with Crippen LogP contribution in [-0.2, 0) is 10.8 Å². The number of pyridine rings is 3. The first-order valence-electron chi connectivity index (χ1n) is 18.1. The van der Waals surface area contributed by atoms with Gasteiger partial charge in [-0.05, 0) is 82.5 Å². The first kappa shape index (κ1) is 33.5. The highest BCUT2D eigenvalue weighted by Gasteiger charge is 2.33. The zero-order valence-electron chi connectivity index (χ0n) is 31.3. The standard InChI is InChI=1S/C45H46N6O/c1-29(2)30-22-37(45(6,7)8)43(48-26-30)50-28-49(41-27-46-20-19-39(41)50)32-12-11-13-33(24-32)52-34-16-17-36-35-14-9-10-15-38(35)51(40(36)25-34)42-23-31(18-21-47-42)44(3,4)5/h9-27,29H,28H2,1-8H3. The minimum Gasteiger partial charge on any atom is -0.457 e. The lowest BCUT2D eigenvalue weighted by Gasteiger charge is -2.29. The highest BCUT2D eigenvalue weighted by Crippen LogP contribution is 2.46. The molecule has 1 aliphatic heterocycles. The van der Waals surface area contributed by atoms with Crippen LogP contribution in [0.3, 0.4) is 0 Å². The number of rotatable bonds is 6. The van der Waals surface area contributed by atoms with Gasteiger partial charge in [-0.3, -0.25) is 9.55 Å². The molecule has 7 nitrogen and oxygen atoms in total. The number of hydrogen-bond acceptors (Lipinski definition) is 6. The summed E-state index contributed by atoms with van der Waals surface area (Å²) in [6.07, 6.45) is 7.74. The largest absolute Gasteiger partial charge is 0.457 e. The lowest BCUT2D eigenvalue weighted by atomic mass is 9.85. The monoisotopic (exact) mass is 686 g/mol. The number of nitrogens with zero attached hydrogens (tertiary/aromatic N) is 6. The van der Waals surface area contributed by atoms with Crippen LogP contribution in [0.5, 0.6) is 11.5 Å². The molecule has 262 valence electrons. The zero-order chi connectivity index (χ0) is 36.4. The summed E-state index contributed by atoms with van der Waals surface area (Å²) in [7, 11) is 0. The summed E-state index contributed by atoms with van der Waals surface area (Å²) in [5, 5.41) is 2.34. The van der Waals surface area contributed by atoms with Crippen molar-refractivity contribution in [2.45, 2.75) is 72.1 Å². The van der Waals surface area contributed by atoms with E-state index in [1.807, 2.05) is 30.9 Å². The van der Waals surface area contributed by atoms with Gasteiger partial charge in [0.25, 0.3) is 0 Å². The molecule has 7 aromatic rings. The molecule has 0 saturated heterocycles. The number of aromatic nitrogens is 4. The second-order valence-electron chi connectivity index (χ2n) is 16.2. The Kier molecular flexibility index (Phi) is 8.05. The molecule has 0 fully saturated rings. The lowest BCUT2D eigenvalue weighted by Crippen LogP contribution is -2.27. The minimum atomic E-state index is -0.0835. The van der Waals surface area contributed by atoms with Gasteiger partial charge in [0.05, 0.1) is 28.6 Å². The smallest absolute Gasteiger partial charge is 0.138 e. The second-order valence-corrected chi connectivity index (χ2v) is 16.2. The van der Waals surface area contributed by atoms with Gasteiger partial charge in [-0.1, -0.05) is 79.7 Å². The van der Waals surface area contributed by atoms with Crippen molar-refractivity contribution in [1.82, 2.24) is 19.5 Å². The predicted octanol–water partition coefficient (Wildman–Crippen LogP) is 11.7. The maximum absolute atomic E-state index is 6.65. The average molecular weight is 687 g/mol. The number of para-hydroxylation sites is 1. The van der Waals surface area contributed by atoms with Crippen molar-refractivity contribution in [3.63, 3.8) is 0 Å². The summed E-state index contributed by atoms with van der Waals surface area (Å²) in [5.41, 5.74) is 8.93. The highest BCUT2D eigenvalue weighted by molar-refractivity contribution is 6.09. The summed E-state index contributed by atoms with van der Waals surface area (Å²) in [5.74, 6) is 3.79. The average Bonchev–Trinajstić information content (AvgIpc) is 3.67. The fourth-order valence-corrected chi connectivity index (χ4v) is 7.19. The van der Waals surface area contributed by atoms with Crippen LogP contribution >= 0.6 is 0 Å². The van der Waals surface area contributed by atoms with Crippen molar-refractivity contribution in [3.8, 4) is 17.3 Å². The Morgan fingerprint density at radius 1 is 0.654 bits per heavy atom. The van der Waals surface area contributed by atoms with Crippen LogP contribution < -0.4 is 14.5 Å². The Morgan fingerprint density at radius 3 is 2.23 bits per heavy atom. The predicted molar refractivity (Wildman–Crippen MR) is 214 cm³/mol. The maximum Gasteiger partial charge on any atom is 0.138 e. The van der Waals surface area contributed by atoms with E-state index < -0.39 is 0 Å². The van der Waals surface area contributed by atoms with Gasteiger partial charge in [0.15, 0.2) is 0 Å². The molecule has 0 radical (unpaired) electrons. The van der Waals surface area contributed by atoms with E-state index in [4.69, 9.17) is 14.7 Å². The van der Waals surface area contributed by atoms with Gasteiger partial charge < -0.3 is 14.5 Å². The van der Waals surface area contributed by atoms with E-state index in [-0.39, 0.29) is 10.8 Å². The molecular weight excluding hydrogens is 641 g/mol. The van der Waals surface area contributed by atoms with Crippen molar-refractivity contribution in [3.05, 3.63) is 132 Å². The van der Waals surface area contributed by atoms with Gasteiger partial charge in [0.2, 0.25) is 0 Å². The maximum atomic E-state index is 6.65. The molecule has 0 aliphatic carbocycles. The van der Waals surface area contributed by atoms with Crippen molar-refractivity contribution in [1.29, 1.82) is 0 Å². The van der Waals surface area contributed by atoms with Crippen molar-refractivity contribution in [2.75, 3.05) is 16.5 Å². The molecule has 7 heteroatoms. The van der Waals surface area contributed by atoms with Crippen molar-refractivity contribution >= 4 is 44.7 Å². The normalized spacial score (nSPS) is 13.4. The van der Waals surface area contributed by atoms with Crippen LogP contribution in [0, 0.1) is 0 Å². The number of anilines is 4. The SMILES string of the molecule is CC(C)c1cnc(N2CN(c3cccc(Oc4ccc5c6ccccc6n(-c6cc(C(C)(C)C)ccn6)c5c4)c3)c3cnccc32)c(C(C)(C)C)c1. The fourth-order valence-electron chi connectivity index (χ4n) is 7.19. The Morgan fingerprint density at radius 2 is 1.44 bits per heavy atom. The number of ether oxygens (including phenoxy) is 1. The number of benzene rings is 3. The molecule has 52 heavy (non-hydrogen) atoms. The lowest BCUT2D eigenvalue weighted by molar-refractivity contribution is 0.483. The van der Waals surface area contributed by atoms with E-state index in [0.717, 1.165) is 56.6 Å². The van der Waals surface area contributed by atoms with Gasteiger partial charge >= 0.3 is 0 Å². The van der Waals surface area contributed by atoms with Gasteiger partial charge in [0.1, 0.15) is 29.8 Å². The first-order valence-corrected chi connectivity index (χ1v) is 18.1. The summed E-state index contributed by atoms with van der Waals surface area (Å²) in [4.78, 5) is 19.1. The minimum absolute atomic E-state index is 0.00245. The Labute approximate surface area is 306 Å². The Bertz CT molecular complexity index is 2450. The molecule has 0 unspecified atom stereocenters. The number of hydrogen-bond donors (Lipinski definition) is 0. The van der Waals surface area contributed by atoms with Crippen LogP contribution in [0.25, 0.3) is 27.6 Å². The van der Waals surface area contributed by atoms with E-state index in [0.29, 0.717) is 12.6 Å². The highest BCUT2D eigenvalue weighted by atomic mass is 16.5. The molecule has 0 saturated carbocycles. The molecule has 0 amide bonds. The summed E-state index contributed by atoms with van der Waals surface area (Å²) >= 11 is 0. The van der Waals surface area contributed by atoms with E-state index in [2.05, 4.69) is 160 Å². The van der Waals surface area contributed by atoms with Crippen LogP contribution in [0.15, 0.2) is 116 Å². The molecule has 3 aromatic carbocycles. The van der Waals surface area contributed by atoms with E-state index in [1.165, 1.54) is 22.1 Å². The fraction of sp³-hybridized carbons (Fsp3) is 0.267. The molecule has 0 bridgehead atoms. The van der Waals surface area contributed by atoms with Crippen LogP contribution in [0.2, 0.25) is 0 Å². The number of fused-ring (bicyclic) bond motifs is 4. The van der Waals surface area contributed by atoms with E-state index in [1.54, 1.807) is 0 Å². The van der Waals surface area contributed by atoms with Gasteiger partial charge in [0, 0.05) is 52.7 Å². The topological polar surface area (TPSA) is 59.3 Å². The molecule has 8 rings (SSSR count). The van der Waals surface area contributed by atoms with Crippen molar-refractivity contribution in [2.24, 2.45) is 0 Å². The van der Waals surface area contributed by atoms with E-state index in [9.17, 15) is 0 Å². The Hall–Kier alpha value is -5.69. The van der Waals surface area contributed by atoms with E-state index >= 15 is 0 Å². The van der Waals surface area contributed by atoms with Crippen LogP contribution in [0.1, 0.15) is 78.0 Å². The van der Waals surface area contributed by atoms with Crippen LogP contribution in [0.4, 0.5) is 22.9 Å². The molecule has 4 aromatic heterocycles. The molecule has 0 atom stereocenters. The quantitative estimate of drug-likeness (QED) is 0.174. The van der Waals surface area contributed by atoms with Crippen molar-refractivity contribution < 1.29 is 4.74 Å². The molecular formula is C45H46N6O. The van der Waals surface area contributed by atoms with Gasteiger partial charge in [-0.2, -0.15) is 0 Å². The first-order chi connectivity index (χ1) is 24.9. The zero-order valence-corrected chi connectivity index (χ0v) is 31.3. The third-order valence-corrected chi connectivity index (χ3v) is 10.1. The second kappa shape index (κ2) is 12.5. The molecule has 0 spiro atoms. The summed E-state index contributed by atoms with van der Waals surface area (Å²) in [6.45, 7) is 18.5. The van der Waals surface area contributed by atoms with Gasteiger partial charge in [-0.15, -0.1) is 0 Å².